The first kappa shape index (κ1) is 17.6. The zero-order valence-electron chi connectivity index (χ0n) is 14.0. The maximum Gasteiger partial charge on any atom is 0.226 e. The number of carbonyl (C=O) groups is 2. The van der Waals surface area contributed by atoms with E-state index in [2.05, 4.69) is 0 Å². The lowest BCUT2D eigenvalue weighted by Crippen LogP contribution is -2.40. The Morgan fingerprint density at radius 1 is 1.25 bits per heavy atom. The first-order chi connectivity index (χ1) is 11.3. The van der Waals surface area contributed by atoms with Crippen LogP contribution in [-0.4, -0.2) is 48.3 Å². The van der Waals surface area contributed by atoms with E-state index in [0.29, 0.717) is 34.7 Å². The van der Waals surface area contributed by atoms with Crippen molar-refractivity contribution < 1.29 is 9.59 Å². The van der Waals surface area contributed by atoms with E-state index in [0.717, 1.165) is 24.9 Å². The summed E-state index contributed by atoms with van der Waals surface area (Å²) >= 11 is 11.9. The minimum atomic E-state index is 0.0803. The van der Waals surface area contributed by atoms with E-state index >= 15 is 0 Å². The molecule has 6 heteroatoms. The summed E-state index contributed by atoms with van der Waals surface area (Å²) in [5.41, 5.74) is 0.867. The summed E-state index contributed by atoms with van der Waals surface area (Å²) in [7, 11) is 3.73. The average Bonchev–Trinajstić information content (AvgIpc) is 2.93. The van der Waals surface area contributed by atoms with E-state index in [1.54, 1.807) is 12.1 Å². The third-order valence-corrected chi connectivity index (χ3v) is 6.21. The number of likely N-dealkylation sites (N-methyl/N-ethyl adjacent to an activating group) is 1. The number of halogens is 2. The van der Waals surface area contributed by atoms with Crippen LogP contribution in [0.5, 0.6) is 0 Å². The summed E-state index contributed by atoms with van der Waals surface area (Å²) in [5, 5.41) is 0.966. The highest BCUT2D eigenvalue weighted by Gasteiger charge is 2.42. The Hall–Kier alpha value is -1.26. The van der Waals surface area contributed by atoms with Gasteiger partial charge in [0.15, 0.2) is 0 Å². The minimum absolute atomic E-state index is 0.0803. The highest BCUT2D eigenvalue weighted by Crippen LogP contribution is 2.40. The summed E-state index contributed by atoms with van der Waals surface area (Å²) in [6.07, 6.45) is 2.84. The number of nitrogens with zero attached hydrogens (tertiary/aromatic N) is 2. The van der Waals surface area contributed by atoms with E-state index in [4.69, 9.17) is 23.2 Å². The SMILES string of the molecule is CN1C[C@@H]2C[C@H](N(C)C(=O)Cc3ccc(Cl)c(Cl)c3)C[C@@H]2CC1=O. The molecule has 1 saturated carbocycles. The molecule has 1 aromatic rings. The second-order valence-electron chi connectivity index (χ2n) is 7.05. The molecule has 1 aromatic carbocycles. The van der Waals surface area contributed by atoms with Crippen LogP contribution in [0.4, 0.5) is 0 Å². The molecule has 130 valence electrons. The highest BCUT2D eigenvalue weighted by atomic mass is 35.5. The van der Waals surface area contributed by atoms with Crippen molar-refractivity contribution >= 4 is 35.0 Å². The molecule has 0 bridgehead atoms. The standard InChI is InChI=1S/C18H22Cl2N2O2/c1-21-10-13-8-14(7-12(13)9-17(21)23)22(2)18(24)6-11-3-4-15(19)16(20)5-11/h3-5,12-14H,6-10H2,1-2H3/t12-,13+,14-/m1/s1. The minimum Gasteiger partial charge on any atom is -0.345 e. The lowest BCUT2D eigenvalue weighted by molar-refractivity contribution is -0.135. The Balaban J connectivity index is 1.62. The van der Waals surface area contributed by atoms with Gasteiger partial charge in [0.1, 0.15) is 0 Å². The van der Waals surface area contributed by atoms with Crippen LogP contribution in [0.1, 0.15) is 24.8 Å². The molecule has 3 atom stereocenters. The van der Waals surface area contributed by atoms with Crippen LogP contribution in [0.25, 0.3) is 0 Å². The molecule has 2 amide bonds. The Labute approximate surface area is 152 Å². The number of rotatable bonds is 3. The number of benzene rings is 1. The van der Waals surface area contributed by atoms with Crippen molar-refractivity contribution in [3.63, 3.8) is 0 Å². The molecule has 0 spiro atoms. The summed E-state index contributed by atoms with van der Waals surface area (Å²) in [6, 6.07) is 5.52. The molecular weight excluding hydrogens is 347 g/mol. The normalized spacial score (nSPS) is 26.4. The van der Waals surface area contributed by atoms with Crippen molar-refractivity contribution in [1.29, 1.82) is 0 Å². The third-order valence-electron chi connectivity index (χ3n) is 5.47. The van der Waals surface area contributed by atoms with Gasteiger partial charge < -0.3 is 9.80 Å². The Morgan fingerprint density at radius 2 is 1.96 bits per heavy atom. The lowest BCUT2D eigenvalue weighted by Gasteiger charge is -2.31. The smallest absolute Gasteiger partial charge is 0.226 e. The monoisotopic (exact) mass is 368 g/mol. The van der Waals surface area contributed by atoms with Gasteiger partial charge in [0.05, 0.1) is 16.5 Å². The fraction of sp³-hybridized carbons (Fsp3) is 0.556. The van der Waals surface area contributed by atoms with Crippen LogP contribution < -0.4 is 0 Å². The van der Waals surface area contributed by atoms with Crippen LogP contribution in [0.3, 0.4) is 0 Å². The second-order valence-corrected chi connectivity index (χ2v) is 7.87. The number of amides is 2. The van der Waals surface area contributed by atoms with E-state index in [1.807, 2.05) is 30.0 Å². The van der Waals surface area contributed by atoms with Crippen molar-refractivity contribution in [3.8, 4) is 0 Å². The number of fused-ring (bicyclic) bond motifs is 1. The van der Waals surface area contributed by atoms with Crippen molar-refractivity contribution in [3.05, 3.63) is 33.8 Å². The average molecular weight is 369 g/mol. The number of hydrogen-bond donors (Lipinski definition) is 0. The van der Waals surface area contributed by atoms with Crippen LogP contribution in [0, 0.1) is 11.8 Å². The zero-order valence-corrected chi connectivity index (χ0v) is 15.5. The number of carbonyl (C=O) groups excluding carboxylic acids is 2. The predicted octanol–water partition coefficient (Wildman–Crippen LogP) is 3.25. The summed E-state index contributed by atoms with van der Waals surface area (Å²) in [5.74, 6) is 1.23. The van der Waals surface area contributed by atoms with Gasteiger partial charge in [0, 0.05) is 33.1 Å². The third kappa shape index (κ3) is 3.55. The van der Waals surface area contributed by atoms with Gasteiger partial charge in [-0.1, -0.05) is 29.3 Å². The van der Waals surface area contributed by atoms with E-state index in [9.17, 15) is 9.59 Å². The van der Waals surface area contributed by atoms with Crippen molar-refractivity contribution in [2.75, 3.05) is 20.6 Å². The number of piperidine rings is 1. The van der Waals surface area contributed by atoms with Gasteiger partial charge in [-0.15, -0.1) is 0 Å². The molecule has 24 heavy (non-hydrogen) atoms. The number of hydrogen-bond acceptors (Lipinski definition) is 2. The quantitative estimate of drug-likeness (QED) is 0.821. The van der Waals surface area contributed by atoms with Gasteiger partial charge in [-0.25, -0.2) is 0 Å². The van der Waals surface area contributed by atoms with Gasteiger partial charge in [-0.05, 0) is 42.4 Å². The van der Waals surface area contributed by atoms with Gasteiger partial charge in [-0.2, -0.15) is 0 Å². The maximum atomic E-state index is 12.6. The van der Waals surface area contributed by atoms with Gasteiger partial charge in [0.25, 0.3) is 0 Å². The van der Waals surface area contributed by atoms with Crippen LogP contribution >= 0.6 is 23.2 Å². The second kappa shape index (κ2) is 6.93. The van der Waals surface area contributed by atoms with Crippen molar-refractivity contribution in [2.45, 2.75) is 31.7 Å². The Kier molecular flexibility index (Phi) is 5.07. The fourth-order valence-electron chi connectivity index (χ4n) is 3.96. The zero-order chi connectivity index (χ0) is 17.4. The molecule has 0 aromatic heterocycles. The molecule has 0 N–H and O–H groups in total. The Morgan fingerprint density at radius 3 is 2.67 bits per heavy atom. The summed E-state index contributed by atoms with van der Waals surface area (Å²) in [6.45, 7) is 0.814. The van der Waals surface area contributed by atoms with Gasteiger partial charge in [0.2, 0.25) is 11.8 Å². The molecular formula is C18H22Cl2N2O2. The largest absolute Gasteiger partial charge is 0.345 e. The van der Waals surface area contributed by atoms with E-state index in [1.165, 1.54) is 0 Å². The van der Waals surface area contributed by atoms with E-state index in [-0.39, 0.29) is 17.9 Å². The molecule has 1 aliphatic carbocycles. The first-order valence-electron chi connectivity index (χ1n) is 8.28. The predicted molar refractivity (Wildman–Crippen MR) is 95.2 cm³/mol. The lowest BCUT2D eigenvalue weighted by atomic mass is 9.88. The summed E-state index contributed by atoms with van der Waals surface area (Å²) in [4.78, 5) is 28.1. The van der Waals surface area contributed by atoms with Gasteiger partial charge in [-0.3, -0.25) is 9.59 Å². The fourth-order valence-corrected chi connectivity index (χ4v) is 4.28. The summed E-state index contributed by atoms with van der Waals surface area (Å²) < 4.78 is 0. The van der Waals surface area contributed by atoms with E-state index < -0.39 is 0 Å². The van der Waals surface area contributed by atoms with Crippen molar-refractivity contribution in [1.82, 2.24) is 9.80 Å². The molecule has 4 nitrogen and oxygen atoms in total. The topological polar surface area (TPSA) is 40.6 Å². The molecule has 1 aliphatic heterocycles. The Bertz CT molecular complexity index is 664. The molecule has 2 aliphatic rings. The van der Waals surface area contributed by atoms with Crippen LogP contribution in [-0.2, 0) is 16.0 Å². The first-order valence-corrected chi connectivity index (χ1v) is 9.04. The molecule has 1 heterocycles. The molecule has 3 rings (SSSR count). The number of likely N-dealkylation sites (tertiary alicyclic amines) is 1. The van der Waals surface area contributed by atoms with Gasteiger partial charge >= 0.3 is 0 Å². The van der Waals surface area contributed by atoms with Crippen LogP contribution in [0.15, 0.2) is 18.2 Å². The highest BCUT2D eigenvalue weighted by molar-refractivity contribution is 6.42. The molecule has 2 fully saturated rings. The molecule has 0 unspecified atom stereocenters. The van der Waals surface area contributed by atoms with Crippen LogP contribution in [0.2, 0.25) is 10.0 Å². The molecule has 1 saturated heterocycles. The molecule has 0 radical (unpaired) electrons. The van der Waals surface area contributed by atoms with Crippen molar-refractivity contribution in [2.24, 2.45) is 11.8 Å². The maximum absolute atomic E-state index is 12.6.